The molecule has 1 aromatic heterocycles. The maximum absolute atomic E-state index is 5.56. The molecule has 4 nitrogen and oxygen atoms in total. The summed E-state index contributed by atoms with van der Waals surface area (Å²) in [5.41, 5.74) is 6.43. The van der Waals surface area contributed by atoms with Crippen LogP contribution in [0.2, 0.25) is 0 Å². The minimum atomic E-state index is -0.0618. The molecular weight excluding hydrogens is 220 g/mol. The van der Waals surface area contributed by atoms with Gasteiger partial charge in [0.1, 0.15) is 0 Å². The highest BCUT2D eigenvalue weighted by Crippen LogP contribution is 2.19. The van der Waals surface area contributed by atoms with Gasteiger partial charge in [0.15, 0.2) is 4.60 Å². The van der Waals surface area contributed by atoms with Gasteiger partial charge in [0.2, 0.25) is 0 Å². The van der Waals surface area contributed by atoms with Crippen molar-refractivity contribution in [2.75, 3.05) is 0 Å². The minimum absolute atomic E-state index is 0.0618. The summed E-state index contributed by atoms with van der Waals surface area (Å²) in [5, 5.41) is 7.90. The van der Waals surface area contributed by atoms with Crippen LogP contribution in [0, 0.1) is 0 Å². The average Bonchev–Trinajstić information content (AvgIpc) is 2.29. The molecule has 0 unspecified atom stereocenters. The zero-order valence-corrected chi connectivity index (χ0v) is 9.09. The van der Waals surface area contributed by atoms with Gasteiger partial charge >= 0.3 is 0 Å². The molecule has 0 saturated heterocycles. The lowest BCUT2D eigenvalue weighted by Crippen LogP contribution is -2.26. The normalized spacial score (nSPS) is 12.1. The van der Waals surface area contributed by atoms with E-state index in [2.05, 4.69) is 47.0 Å². The third kappa shape index (κ3) is 1.67. The number of nitrogens with zero attached hydrogens (tertiary/aromatic N) is 3. The van der Waals surface area contributed by atoms with Gasteiger partial charge in [-0.05, 0) is 36.7 Å². The van der Waals surface area contributed by atoms with Crippen LogP contribution in [0.25, 0.3) is 0 Å². The van der Waals surface area contributed by atoms with Gasteiger partial charge < -0.3 is 5.73 Å². The molecule has 0 fully saturated rings. The molecule has 5 heteroatoms. The van der Waals surface area contributed by atoms with Gasteiger partial charge in [-0.3, -0.25) is 0 Å². The second kappa shape index (κ2) is 3.14. The third-order valence-corrected chi connectivity index (χ3v) is 2.16. The fourth-order valence-electron chi connectivity index (χ4n) is 0.993. The summed E-state index contributed by atoms with van der Waals surface area (Å²) in [7, 11) is 0. The molecule has 0 aromatic carbocycles. The van der Waals surface area contributed by atoms with E-state index in [1.165, 1.54) is 0 Å². The fourth-order valence-corrected chi connectivity index (χ4v) is 1.39. The first-order valence-electron chi connectivity index (χ1n) is 3.77. The van der Waals surface area contributed by atoms with E-state index in [-0.39, 0.29) is 5.54 Å². The van der Waals surface area contributed by atoms with E-state index in [0.29, 0.717) is 6.54 Å². The first kappa shape index (κ1) is 9.67. The second-order valence-electron chi connectivity index (χ2n) is 3.61. The van der Waals surface area contributed by atoms with E-state index in [4.69, 9.17) is 5.73 Å². The van der Waals surface area contributed by atoms with E-state index in [9.17, 15) is 0 Å². The van der Waals surface area contributed by atoms with Crippen molar-refractivity contribution >= 4 is 15.9 Å². The molecule has 0 aliphatic rings. The predicted molar refractivity (Wildman–Crippen MR) is 50.6 cm³/mol. The van der Waals surface area contributed by atoms with E-state index >= 15 is 0 Å². The molecule has 0 atom stereocenters. The van der Waals surface area contributed by atoms with Gasteiger partial charge in [0.05, 0.1) is 11.2 Å². The van der Waals surface area contributed by atoms with E-state index in [0.717, 1.165) is 10.3 Å². The van der Waals surface area contributed by atoms with Crippen molar-refractivity contribution in [3.05, 3.63) is 10.3 Å². The van der Waals surface area contributed by atoms with Crippen molar-refractivity contribution in [2.45, 2.75) is 32.9 Å². The molecular formula is C7H13BrN4. The molecule has 0 radical (unpaired) electrons. The third-order valence-electron chi connectivity index (χ3n) is 1.54. The molecule has 0 bridgehead atoms. The molecule has 1 aromatic rings. The number of hydrogen-bond donors (Lipinski definition) is 1. The summed E-state index contributed by atoms with van der Waals surface area (Å²) in [6.45, 7) is 6.64. The zero-order chi connectivity index (χ0) is 9.35. The topological polar surface area (TPSA) is 56.7 Å². The van der Waals surface area contributed by atoms with Crippen molar-refractivity contribution in [3.8, 4) is 0 Å². The molecule has 1 rings (SSSR count). The molecule has 2 N–H and O–H groups in total. The Bertz CT molecular complexity index is 273. The number of rotatable bonds is 1. The molecule has 12 heavy (non-hydrogen) atoms. The van der Waals surface area contributed by atoms with Crippen molar-refractivity contribution < 1.29 is 0 Å². The van der Waals surface area contributed by atoms with Gasteiger partial charge in [0.25, 0.3) is 0 Å². The van der Waals surface area contributed by atoms with Crippen LogP contribution in [0.15, 0.2) is 4.60 Å². The quantitative estimate of drug-likeness (QED) is 0.794. The van der Waals surface area contributed by atoms with Crippen molar-refractivity contribution in [3.63, 3.8) is 0 Å². The smallest absolute Gasteiger partial charge is 0.152 e. The Morgan fingerprint density at radius 1 is 1.50 bits per heavy atom. The van der Waals surface area contributed by atoms with Crippen LogP contribution in [0.3, 0.4) is 0 Å². The Balaban J connectivity index is 3.16. The maximum Gasteiger partial charge on any atom is 0.152 e. The number of aromatic nitrogens is 3. The maximum atomic E-state index is 5.56. The van der Waals surface area contributed by atoms with E-state index in [1.54, 1.807) is 0 Å². The average molecular weight is 233 g/mol. The summed E-state index contributed by atoms with van der Waals surface area (Å²) in [6, 6.07) is 0. The van der Waals surface area contributed by atoms with Crippen LogP contribution in [0.4, 0.5) is 0 Å². The van der Waals surface area contributed by atoms with Crippen molar-refractivity contribution in [1.82, 2.24) is 15.0 Å². The second-order valence-corrected chi connectivity index (χ2v) is 4.36. The summed E-state index contributed by atoms with van der Waals surface area (Å²) in [6.07, 6.45) is 0. The summed E-state index contributed by atoms with van der Waals surface area (Å²) >= 11 is 3.30. The molecule has 68 valence electrons. The Kier molecular flexibility index (Phi) is 2.53. The van der Waals surface area contributed by atoms with Gasteiger partial charge in [-0.1, -0.05) is 5.21 Å². The minimum Gasteiger partial charge on any atom is -0.325 e. The van der Waals surface area contributed by atoms with E-state index in [1.807, 2.05) is 4.68 Å². The van der Waals surface area contributed by atoms with Crippen LogP contribution in [0.1, 0.15) is 26.5 Å². The Morgan fingerprint density at radius 2 is 2.08 bits per heavy atom. The number of halogens is 1. The molecule has 0 aliphatic heterocycles. The van der Waals surface area contributed by atoms with Crippen LogP contribution >= 0.6 is 15.9 Å². The molecule has 0 spiro atoms. The standard InChI is InChI=1S/C7H13BrN4/c1-7(2,3)12-5(4-9)6(8)10-11-12/h4,9H2,1-3H3. The van der Waals surface area contributed by atoms with Crippen molar-refractivity contribution in [2.24, 2.45) is 5.73 Å². The first-order valence-corrected chi connectivity index (χ1v) is 4.56. The highest BCUT2D eigenvalue weighted by Gasteiger charge is 2.19. The SMILES string of the molecule is CC(C)(C)n1nnc(Br)c1CN. The Labute approximate surface area is 80.3 Å². The number of hydrogen-bond acceptors (Lipinski definition) is 3. The number of nitrogens with two attached hydrogens (primary N) is 1. The largest absolute Gasteiger partial charge is 0.325 e. The van der Waals surface area contributed by atoms with Crippen LogP contribution in [0.5, 0.6) is 0 Å². The molecule has 0 amide bonds. The summed E-state index contributed by atoms with van der Waals surface area (Å²) in [5.74, 6) is 0. The van der Waals surface area contributed by atoms with Crippen molar-refractivity contribution in [1.29, 1.82) is 0 Å². The lowest BCUT2D eigenvalue weighted by molar-refractivity contribution is 0.336. The molecule has 1 heterocycles. The fraction of sp³-hybridized carbons (Fsp3) is 0.714. The van der Waals surface area contributed by atoms with Crippen LogP contribution in [-0.4, -0.2) is 15.0 Å². The molecule has 0 aliphatic carbocycles. The molecule has 0 saturated carbocycles. The van der Waals surface area contributed by atoms with Gasteiger partial charge in [-0.2, -0.15) is 0 Å². The highest BCUT2D eigenvalue weighted by molar-refractivity contribution is 9.10. The highest BCUT2D eigenvalue weighted by atomic mass is 79.9. The summed E-state index contributed by atoms with van der Waals surface area (Å²) in [4.78, 5) is 0. The lowest BCUT2D eigenvalue weighted by atomic mass is 10.1. The zero-order valence-electron chi connectivity index (χ0n) is 7.50. The first-order chi connectivity index (χ1) is 5.46. The Morgan fingerprint density at radius 3 is 2.42 bits per heavy atom. The monoisotopic (exact) mass is 232 g/mol. The predicted octanol–water partition coefficient (Wildman–Crippen LogP) is 1.25. The Hall–Kier alpha value is -0.420. The summed E-state index contributed by atoms with van der Waals surface area (Å²) < 4.78 is 2.57. The van der Waals surface area contributed by atoms with Gasteiger partial charge in [-0.15, -0.1) is 5.10 Å². The lowest BCUT2D eigenvalue weighted by Gasteiger charge is -2.20. The van der Waals surface area contributed by atoms with Gasteiger partial charge in [0, 0.05) is 6.54 Å². The van der Waals surface area contributed by atoms with E-state index < -0.39 is 0 Å². The van der Waals surface area contributed by atoms with Gasteiger partial charge in [-0.25, -0.2) is 4.68 Å². The van der Waals surface area contributed by atoms with Crippen LogP contribution in [-0.2, 0) is 12.1 Å². The van der Waals surface area contributed by atoms with Crippen LogP contribution < -0.4 is 5.73 Å².